The van der Waals surface area contributed by atoms with Gasteiger partial charge >= 0.3 is 0 Å². The molecular weight excluding hydrogens is 593 g/mol. The second-order valence-electron chi connectivity index (χ2n) is 13.0. The molecule has 0 N–H and O–H groups in total. The Balaban J connectivity index is 1.42. The van der Waals surface area contributed by atoms with Crippen LogP contribution in [0.1, 0.15) is 125 Å². The number of unbranched alkanes of at least 4 members (excludes halogenated alkanes) is 12. The topological polar surface area (TPSA) is 42.2 Å². The summed E-state index contributed by atoms with van der Waals surface area (Å²) in [6.07, 6.45) is 17.7. The van der Waals surface area contributed by atoms with Crippen LogP contribution in [0.25, 0.3) is 0 Å². The summed E-state index contributed by atoms with van der Waals surface area (Å²) in [7, 11) is 0. The van der Waals surface area contributed by atoms with Crippen LogP contribution >= 0.6 is 0 Å². The zero-order valence-electron chi connectivity index (χ0n) is 28.9. The normalized spacial score (nSPS) is 12.1. The lowest BCUT2D eigenvalue weighted by atomic mass is 9.80. The van der Waals surface area contributed by atoms with E-state index in [9.17, 15) is 9.65 Å². The van der Waals surface area contributed by atoms with Gasteiger partial charge in [-0.05, 0) is 40.8 Å². The van der Waals surface area contributed by atoms with Gasteiger partial charge in [-0.2, -0.15) is 5.26 Å². The van der Waals surface area contributed by atoms with Crippen molar-refractivity contribution in [2.75, 3.05) is 6.61 Å². The Hall–Kier alpha value is -3.78. The summed E-state index contributed by atoms with van der Waals surface area (Å²) in [5.41, 5.74) is 3.16. The number of nitrogens with zero attached hydrogens (tertiary/aromatic N) is 1. The van der Waals surface area contributed by atoms with Crippen molar-refractivity contribution in [2.45, 2.75) is 115 Å². The Morgan fingerprint density at radius 3 is 1.54 bits per heavy atom. The summed E-state index contributed by atoms with van der Waals surface area (Å²) in [5.74, 6) is -0.508. The molecule has 0 heterocycles. The molecule has 4 aromatic rings. The molecular formula is C44H54FNO2. The van der Waals surface area contributed by atoms with Crippen LogP contribution in [-0.2, 0) is 21.7 Å². The number of hydrogen-bond acceptors (Lipinski definition) is 3. The Kier molecular flexibility index (Phi) is 16.4. The average molecular weight is 648 g/mol. The number of hydrogen-bond donors (Lipinski definition) is 0. The Morgan fingerprint density at radius 2 is 1.08 bits per heavy atom. The highest BCUT2D eigenvalue weighted by Crippen LogP contribution is 2.40. The van der Waals surface area contributed by atoms with E-state index in [-0.39, 0.29) is 18.3 Å². The molecule has 4 heteroatoms. The highest BCUT2D eigenvalue weighted by atomic mass is 19.1. The minimum Gasteiger partial charge on any atom is -0.371 e. The number of rotatable bonds is 23. The molecule has 0 aromatic heterocycles. The van der Waals surface area contributed by atoms with Crippen LogP contribution in [0.3, 0.4) is 0 Å². The standard InChI is InChI=1S/C44H54FNO2/c1-2-3-4-5-6-7-8-9-10-11-12-13-23-30-42(47-35-37-31-32-43(45)38(33-37)34-46)36-48-44(39-24-17-14-18-25-39,40-26-19-15-20-27-40)41-28-21-16-22-29-41/h14-22,24-29,31-33,42H,2-13,23,30,35-36H2,1H3. The van der Waals surface area contributed by atoms with Crippen LogP contribution in [0.2, 0.25) is 0 Å². The summed E-state index contributed by atoms with van der Waals surface area (Å²) >= 11 is 0. The third kappa shape index (κ3) is 11.4. The average Bonchev–Trinajstić information content (AvgIpc) is 3.14. The second-order valence-corrected chi connectivity index (χ2v) is 13.0. The van der Waals surface area contributed by atoms with Crippen molar-refractivity contribution < 1.29 is 13.9 Å². The van der Waals surface area contributed by atoms with Crippen molar-refractivity contribution in [1.29, 1.82) is 5.26 Å². The molecule has 254 valence electrons. The Labute approximate surface area is 289 Å². The maximum atomic E-state index is 14.0. The first-order chi connectivity index (χ1) is 23.7. The van der Waals surface area contributed by atoms with Crippen molar-refractivity contribution in [3.8, 4) is 6.07 Å². The van der Waals surface area contributed by atoms with E-state index >= 15 is 0 Å². The molecule has 0 fully saturated rings. The summed E-state index contributed by atoms with van der Waals surface area (Å²) in [6, 6.07) is 37.8. The summed E-state index contributed by atoms with van der Waals surface area (Å²) in [6.45, 7) is 2.94. The van der Waals surface area contributed by atoms with E-state index in [1.165, 1.54) is 76.7 Å². The molecule has 1 unspecified atom stereocenters. The van der Waals surface area contributed by atoms with E-state index < -0.39 is 11.4 Å². The van der Waals surface area contributed by atoms with Gasteiger partial charge in [-0.15, -0.1) is 0 Å². The monoisotopic (exact) mass is 647 g/mol. The fraction of sp³-hybridized carbons (Fsp3) is 0.432. The second kappa shape index (κ2) is 21.2. The molecule has 0 radical (unpaired) electrons. The maximum Gasteiger partial charge on any atom is 0.143 e. The van der Waals surface area contributed by atoms with Crippen molar-refractivity contribution in [3.05, 3.63) is 143 Å². The molecule has 48 heavy (non-hydrogen) atoms. The van der Waals surface area contributed by atoms with Crippen LogP contribution in [0.15, 0.2) is 109 Å². The minimum atomic E-state index is -0.828. The summed E-state index contributed by atoms with van der Waals surface area (Å²) < 4.78 is 27.7. The number of halogens is 1. The lowest BCUT2D eigenvalue weighted by Gasteiger charge is -2.37. The maximum absolute atomic E-state index is 14.0. The first-order valence-electron chi connectivity index (χ1n) is 18.3. The molecule has 0 spiro atoms. The zero-order chi connectivity index (χ0) is 33.7. The third-order valence-corrected chi connectivity index (χ3v) is 9.29. The van der Waals surface area contributed by atoms with E-state index in [0.717, 1.165) is 41.5 Å². The van der Waals surface area contributed by atoms with Crippen LogP contribution in [-0.4, -0.2) is 12.7 Å². The van der Waals surface area contributed by atoms with Gasteiger partial charge in [0.2, 0.25) is 0 Å². The molecule has 3 nitrogen and oxygen atoms in total. The fourth-order valence-corrected chi connectivity index (χ4v) is 6.55. The van der Waals surface area contributed by atoms with Crippen molar-refractivity contribution in [3.63, 3.8) is 0 Å². The van der Waals surface area contributed by atoms with Crippen LogP contribution in [0.5, 0.6) is 0 Å². The van der Waals surface area contributed by atoms with Crippen molar-refractivity contribution >= 4 is 0 Å². The highest BCUT2D eigenvalue weighted by Gasteiger charge is 2.38. The minimum absolute atomic E-state index is 0.0386. The van der Waals surface area contributed by atoms with E-state index in [0.29, 0.717) is 6.61 Å². The zero-order valence-corrected chi connectivity index (χ0v) is 28.9. The predicted octanol–water partition coefficient (Wildman–Crippen LogP) is 12.1. The molecule has 4 rings (SSSR count). The van der Waals surface area contributed by atoms with Gasteiger partial charge < -0.3 is 9.47 Å². The van der Waals surface area contributed by atoms with Gasteiger partial charge in [-0.1, -0.05) is 187 Å². The lowest BCUT2D eigenvalue weighted by molar-refractivity contribution is -0.0731. The SMILES string of the molecule is CCCCCCCCCCCCCCCC(COC(c1ccccc1)(c1ccccc1)c1ccccc1)OCc1ccc(F)c(C#N)c1. The number of ether oxygens (including phenoxy) is 2. The van der Waals surface area contributed by atoms with Crippen LogP contribution in [0, 0.1) is 17.1 Å². The molecule has 0 aliphatic carbocycles. The Bertz CT molecular complexity index is 1370. The molecule has 4 aromatic carbocycles. The first kappa shape index (κ1) is 37.0. The molecule has 0 aliphatic heterocycles. The van der Waals surface area contributed by atoms with Crippen LogP contribution in [0.4, 0.5) is 4.39 Å². The molecule has 0 aliphatic rings. The molecule has 0 bridgehead atoms. The van der Waals surface area contributed by atoms with E-state index in [1.54, 1.807) is 12.1 Å². The van der Waals surface area contributed by atoms with Crippen molar-refractivity contribution in [1.82, 2.24) is 0 Å². The van der Waals surface area contributed by atoms with Gasteiger partial charge in [-0.25, -0.2) is 4.39 Å². The van der Waals surface area contributed by atoms with Crippen LogP contribution < -0.4 is 0 Å². The van der Waals surface area contributed by atoms with Gasteiger partial charge in [0.25, 0.3) is 0 Å². The number of benzene rings is 4. The molecule has 0 saturated heterocycles. The predicted molar refractivity (Wildman–Crippen MR) is 195 cm³/mol. The molecule has 0 amide bonds. The largest absolute Gasteiger partial charge is 0.371 e. The quantitative estimate of drug-likeness (QED) is 0.0594. The highest BCUT2D eigenvalue weighted by molar-refractivity contribution is 5.47. The summed E-state index contributed by atoms with van der Waals surface area (Å²) in [5, 5.41) is 9.35. The van der Waals surface area contributed by atoms with E-state index in [1.807, 2.05) is 24.3 Å². The summed E-state index contributed by atoms with van der Waals surface area (Å²) in [4.78, 5) is 0. The van der Waals surface area contributed by atoms with Gasteiger partial charge in [0, 0.05) is 0 Å². The van der Waals surface area contributed by atoms with Gasteiger partial charge in [-0.3, -0.25) is 0 Å². The van der Waals surface area contributed by atoms with Gasteiger partial charge in [0.15, 0.2) is 0 Å². The first-order valence-corrected chi connectivity index (χ1v) is 18.3. The Morgan fingerprint density at radius 1 is 0.625 bits per heavy atom. The number of nitriles is 1. The molecule has 1 atom stereocenters. The van der Waals surface area contributed by atoms with E-state index in [2.05, 4.69) is 79.7 Å². The van der Waals surface area contributed by atoms with E-state index in [4.69, 9.17) is 9.47 Å². The third-order valence-electron chi connectivity index (χ3n) is 9.29. The van der Waals surface area contributed by atoms with Gasteiger partial charge in [0.05, 0.1) is 24.9 Å². The fourth-order valence-electron chi connectivity index (χ4n) is 6.55. The van der Waals surface area contributed by atoms with Crippen molar-refractivity contribution in [2.24, 2.45) is 0 Å². The smallest absolute Gasteiger partial charge is 0.143 e. The lowest BCUT2D eigenvalue weighted by Crippen LogP contribution is -2.36. The molecule has 0 saturated carbocycles. The van der Waals surface area contributed by atoms with Gasteiger partial charge in [0.1, 0.15) is 17.5 Å².